The molecule has 0 saturated carbocycles. The standard InChI is InChI=1S/C14H21N/c1-3-13(15-4-2)10-12-9-11-7-5-6-8-14(11)12/h5-8,12-13,15H,3-4,9-10H2,1-2H3. The van der Waals surface area contributed by atoms with Crippen LogP contribution < -0.4 is 5.32 Å². The van der Waals surface area contributed by atoms with E-state index in [-0.39, 0.29) is 0 Å². The van der Waals surface area contributed by atoms with E-state index in [1.807, 2.05) is 0 Å². The number of nitrogens with one attached hydrogen (secondary N) is 1. The first-order valence-corrected chi connectivity index (χ1v) is 6.16. The average Bonchev–Trinajstić information content (AvgIpc) is 2.24. The Morgan fingerprint density at radius 2 is 2.13 bits per heavy atom. The summed E-state index contributed by atoms with van der Waals surface area (Å²) in [6, 6.07) is 9.58. The maximum atomic E-state index is 3.56. The van der Waals surface area contributed by atoms with Crippen molar-refractivity contribution in [1.82, 2.24) is 5.32 Å². The molecule has 15 heavy (non-hydrogen) atoms. The van der Waals surface area contributed by atoms with Gasteiger partial charge in [0.05, 0.1) is 0 Å². The fourth-order valence-electron chi connectivity index (χ4n) is 2.60. The Labute approximate surface area is 92.9 Å². The van der Waals surface area contributed by atoms with Crippen LogP contribution in [0, 0.1) is 0 Å². The molecule has 1 N–H and O–H groups in total. The molecule has 0 radical (unpaired) electrons. The van der Waals surface area contributed by atoms with Crippen LogP contribution in [-0.2, 0) is 6.42 Å². The van der Waals surface area contributed by atoms with Crippen molar-refractivity contribution >= 4 is 0 Å². The number of hydrogen-bond acceptors (Lipinski definition) is 1. The zero-order valence-corrected chi connectivity index (χ0v) is 9.79. The first-order chi connectivity index (χ1) is 7.35. The summed E-state index contributed by atoms with van der Waals surface area (Å²) in [5.41, 5.74) is 3.16. The highest BCUT2D eigenvalue weighted by atomic mass is 14.9. The van der Waals surface area contributed by atoms with E-state index >= 15 is 0 Å². The van der Waals surface area contributed by atoms with Crippen LogP contribution in [0.4, 0.5) is 0 Å². The Balaban J connectivity index is 1.93. The van der Waals surface area contributed by atoms with Gasteiger partial charge in [-0.3, -0.25) is 0 Å². The van der Waals surface area contributed by atoms with Crippen LogP contribution in [0.1, 0.15) is 43.7 Å². The van der Waals surface area contributed by atoms with Crippen molar-refractivity contribution in [1.29, 1.82) is 0 Å². The molecule has 1 heteroatoms. The van der Waals surface area contributed by atoms with Gasteiger partial charge in [-0.05, 0) is 42.9 Å². The second-order valence-electron chi connectivity index (χ2n) is 4.50. The molecule has 2 unspecified atom stereocenters. The first kappa shape index (κ1) is 10.7. The van der Waals surface area contributed by atoms with E-state index in [1.165, 1.54) is 19.3 Å². The molecular weight excluding hydrogens is 182 g/mol. The van der Waals surface area contributed by atoms with Gasteiger partial charge in [-0.1, -0.05) is 38.1 Å². The van der Waals surface area contributed by atoms with Gasteiger partial charge in [0.15, 0.2) is 0 Å². The summed E-state index contributed by atoms with van der Waals surface area (Å²) < 4.78 is 0. The van der Waals surface area contributed by atoms with Crippen molar-refractivity contribution in [3.63, 3.8) is 0 Å². The molecule has 1 aliphatic rings. The molecule has 1 aromatic carbocycles. The van der Waals surface area contributed by atoms with Crippen LogP contribution in [0.25, 0.3) is 0 Å². The quantitative estimate of drug-likeness (QED) is 0.775. The Hall–Kier alpha value is -0.820. The van der Waals surface area contributed by atoms with Gasteiger partial charge in [0.2, 0.25) is 0 Å². The fraction of sp³-hybridized carbons (Fsp3) is 0.571. The summed E-state index contributed by atoms with van der Waals surface area (Å²) in [6.07, 6.45) is 3.84. The molecule has 0 aromatic heterocycles. The molecule has 1 aromatic rings. The minimum Gasteiger partial charge on any atom is -0.314 e. The lowest BCUT2D eigenvalue weighted by atomic mass is 9.74. The second kappa shape index (κ2) is 4.80. The van der Waals surface area contributed by atoms with Crippen LogP contribution in [0.2, 0.25) is 0 Å². The van der Waals surface area contributed by atoms with Gasteiger partial charge in [-0.15, -0.1) is 0 Å². The van der Waals surface area contributed by atoms with E-state index in [4.69, 9.17) is 0 Å². The minimum atomic E-state index is 0.702. The van der Waals surface area contributed by atoms with E-state index < -0.39 is 0 Å². The van der Waals surface area contributed by atoms with E-state index in [9.17, 15) is 0 Å². The van der Waals surface area contributed by atoms with E-state index in [2.05, 4.69) is 43.4 Å². The zero-order valence-electron chi connectivity index (χ0n) is 9.79. The van der Waals surface area contributed by atoms with Crippen molar-refractivity contribution in [2.24, 2.45) is 0 Å². The molecule has 1 aliphatic carbocycles. The zero-order chi connectivity index (χ0) is 10.7. The van der Waals surface area contributed by atoms with Crippen molar-refractivity contribution < 1.29 is 0 Å². The van der Waals surface area contributed by atoms with Crippen LogP contribution in [0.5, 0.6) is 0 Å². The van der Waals surface area contributed by atoms with Crippen molar-refractivity contribution in [3.05, 3.63) is 35.4 Å². The molecule has 0 saturated heterocycles. The van der Waals surface area contributed by atoms with Gasteiger partial charge in [0.1, 0.15) is 0 Å². The average molecular weight is 203 g/mol. The molecule has 2 rings (SSSR count). The van der Waals surface area contributed by atoms with Gasteiger partial charge < -0.3 is 5.32 Å². The molecule has 0 bridgehead atoms. The van der Waals surface area contributed by atoms with Crippen molar-refractivity contribution in [2.75, 3.05) is 6.54 Å². The van der Waals surface area contributed by atoms with Gasteiger partial charge >= 0.3 is 0 Å². The van der Waals surface area contributed by atoms with Gasteiger partial charge in [-0.2, -0.15) is 0 Å². The van der Waals surface area contributed by atoms with E-state index in [0.717, 1.165) is 12.5 Å². The van der Waals surface area contributed by atoms with E-state index in [0.29, 0.717) is 6.04 Å². The van der Waals surface area contributed by atoms with Gasteiger partial charge in [-0.25, -0.2) is 0 Å². The smallest absolute Gasteiger partial charge is 0.00702 e. The largest absolute Gasteiger partial charge is 0.314 e. The highest BCUT2D eigenvalue weighted by molar-refractivity contribution is 5.39. The molecule has 0 aliphatic heterocycles. The normalized spacial score (nSPS) is 20.5. The number of fused-ring (bicyclic) bond motifs is 1. The third-order valence-corrected chi connectivity index (χ3v) is 3.52. The highest BCUT2D eigenvalue weighted by Crippen LogP contribution is 2.38. The maximum Gasteiger partial charge on any atom is 0.00702 e. The van der Waals surface area contributed by atoms with Crippen LogP contribution in [0.3, 0.4) is 0 Å². The molecule has 0 heterocycles. The summed E-state index contributed by atoms with van der Waals surface area (Å²) in [4.78, 5) is 0. The Kier molecular flexibility index (Phi) is 3.42. The molecule has 82 valence electrons. The molecular formula is C14H21N. The summed E-state index contributed by atoms with van der Waals surface area (Å²) in [5, 5.41) is 3.56. The number of hydrogen-bond donors (Lipinski definition) is 1. The second-order valence-corrected chi connectivity index (χ2v) is 4.50. The third kappa shape index (κ3) is 2.23. The minimum absolute atomic E-state index is 0.702. The van der Waals surface area contributed by atoms with Crippen LogP contribution in [0.15, 0.2) is 24.3 Å². The Bertz CT molecular complexity index is 319. The maximum absolute atomic E-state index is 3.56. The van der Waals surface area contributed by atoms with Gasteiger partial charge in [0, 0.05) is 6.04 Å². The van der Waals surface area contributed by atoms with Crippen molar-refractivity contribution in [3.8, 4) is 0 Å². The highest BCUT2D eigenvalue weighted by Gasteiger charge is 2.26. The predicted octanol–water partition coefficient (Wildman–Crippen LogP) is 3.10. The molecule has 0 spiro atoms. The lowest BCUT2D eigenvalue weighted by Gasteiger charge is -2.33. The number of rotatable bonds is 5. The number of benzene rings is 1. The Morgan fingerprint density at radius 1 is 1.33 bits per heavy atom. The first-order valence-electron chi connectivity index (χ1n) is 6.16. The summed E-state index contributed by atoms with van der Waals surface area (Å²) in [6.45, 7) is 5.56. The fourth-order valence-corrected chi connectivity index (χ4v) is 2.60. The van der Waals surface area contributed by atoms with Crippen molar-refractivity contribution in [2.45, 2.75) is 45.1 Å². The predicted molar refractivity (Wildman–Crippen MR) is 65.3 cm³/mol. The monoisotopic (exact) mass is 203 g/mol. The summed E-state index contributed by atoms with van der Waals surface area (Å²) >= 11 is 0. The SMILES string of the molecule is CCNC(CC)CC1Cc2ccccc21. The lowest BCUT2D eigenvalue weighted by Crippen LogP contribution is -2.32. The van der Waals surface area contributed by atoms with Crippen LogP contribution in [-0.4, -0.2) is 12.6 Å². The molecule has 0 fully saturated rings. The lowest BCUT2D eigenvalue weighted by molar-refractivity contribution is 0.415. The summed E-state index contributed by atoms with van der Waals surface area (Å²) in [5.74, 6) is 0.810. The Morgan fingerprint density at radius 3 is 2.80 bits per heavy atom. The van der Waals surface area contributed by atoms with Gasteiger partial charge in [0.25, 0.3) is 0 Å². The molecule has 0 amide bonds. The molecule has 2 atom stereocenters. The topological polar surface area (TPSA) is 12.0 Å². The molecule has 1 nitrogen and oxygen atoms in total. The summed E-state index contributed by atoms with van der Waals surface area (Å²) in [7, 11) is 0. The van der Waals surface area contributed by atoms with Crippen LogP contribution >= 0.6 is 0 Å². The van der Waals surface area contributed by atoms with E-state index in [1.54, 1.807) is 11.1 Å². The third-order valence-electron chi connectivity index (χ3n) is 3.52.